The van der Waals surface area contributed by atoms with Gasteiger partial charge in [-0.25, -0.2) is 18.1 Å². The van der Waals surface area contributed by atoms with E-state index in [0.29, 0.717) is 31.3 Å². The molecule has 128 valence electrons. The molecule has 2 N–H and O–H groups in total. The third-order valence-electron chi connectivity index (χ3n) is 4.80. The Bertz CT molecular complexity index is 664. The highest BCUT2D eigenvalue weighted by atomic mass is 32.2. The lowest BCUT2D eigenvalue weighted by atomic mass is 10.1. The molecular weight excluding hydrogens is 316 g/mol. The number of nitrogens with one attached hydrogen (secondary N) is 2. The van der Waals surface area contributed by atoms with Gasteiger partial charge in [0.1, 0.15) is 5.82 Å². The maximum atomic E-state index is 12.3. The number of H-pyrrole nitrogens is 1. The summed E-state index contributed by atoms with van der Waals surface area (Å²) < 4.78 is 27.1. The summed E-state index contributed by atoms with van der Waals surface area (Å²) in [5, 5.41) is 0.0892. The first-order valence-electron chi connectivity index (χ1n) is 8.32. The van der Waals surface area contributed by atoms with Gasteiger partial charge < -0.3 is 9.88 Å². The van der Waals surface area contributed by atoms with Crippen LogP contribution in [-0.4, -0.2) is 48.3 Å². The van der Waals surface area contributed by atoms with Crippen LogP contribution >= 0.6 is 0 Å². The van der Waals surface area contributed by atoms with Gasteiger partial charge in [0.05, 0.1) is 6.20 Å². The molecule has 7 nitrogen and oxygen atoms in total. The van der Waals surface area contributed by atoms with Gasteiger partial charge in [-0.15, -0.1) is 0 Å². The molecule has 1 amide bonds. The van der Waals surface area contributed by atoms with Crippen molar-refractivity contribution in [2.75, 3.05) is 13.1 Å². The van der Waals surface area contributed by atoms with Gasteiger partial charge in [0.25, 0.3) is 10.0 Å². The van der Waals surface area contributed by atoms with Crippen LogP contribution in [0.1, 0.15) is 44.9 Å². The highest BCUT2D eigenvalue weighted by molar-refractivity contribution is 7.89. The Morgan fingerprint density at radius 2 is 2.13 bits per heavy atom. The third kappa shape index (κ3) is 3.58. The zero-order chi connectivity index (χ0) is 16.4. The van der Waals surface area contributed by atoms with Crippen molar-refractivity contribution < 1.29 is 13.2 Å². The number of sulfonamides is 1. The van der Waals surface area contributed by atoms with Crippen molar-refractivity contribution in [1.82, 2.24) is 19.6 Å². The molecule has 1 aliphatic carbocycles. The average molecular weight is 340 g/mol. The lowest BCUT2D eigenvalue weighted by Crippen LogP contribution is -2.36. The second-order valence-corrected chi connectivity index (χ2v) is 8.19. The van der Waals surface area contributed by atoms with Crippen molar-refractivity contribution in [1.29, 1.82) is 0 Å². The molecule has 2 fully saturated rings. The Labute approximate surface area is 136 Å². The van der Waals surface area contributed by atoms with Gasteiger partial charge in [-0.2, -0.15) is 0 Å². The minimum Gasteiger partial charge on any atom is -0.339 e. The first-order valence-corrected chi connectivity index (χ1v) is 9.81. The van der Waals surface area contributed by atoms with Crippen LogP contribution in [0.4, 0.5) is 0 Å². The summed E-state index contributed by atoms with van der Waals surface area (Å²) in [5.74, 6) is 0.858. The van der Waals surface area contributed by atoms with Gasteiger partial charge >= 0.3 is 0 Å². The van der Waals surface area contributed by atoms with Gasteiger partial charge in [-0.3, -0.25) is 4.79 Å². The molecule has 1 unspecified atom stereocenters. The number of carbonyl (C=O) groups is 1. The Kier molecular flexibility index (Phi) is 4.72. The monoisotopic (exact) mass is 340 g/mol. The number of aryl methyl sites for hydroxylation is 1. The minimum atomic E-state index is -3.59. The summed E-state index contributed by atoms with van der Waals surface area (Å²) in [6, 6.07) is 0.365. The number of carbonyl (C=O) groups excluding carboxylic acids is 1. The topological polar surface area (TPSA) is 95.2 Å². The highest BCUT2D eigenvalue weighted by Crippen LogP contribution is 2.29. The molecule has 0 bridgehead atoms. The van der Waals surface area contributed by atoms with E-state index in [-0.39, 0.29) is 23.4 Å². The molecule has 23 heavy (non-hydrogen) atoms. The number of hydrogen-bond donors (Lipinski definition) is 2. The molecule has 8 heteroatoms. The van der Waals surface area contributed by atoms with Gasteiger partial charge in [0.2, 0.25) is 5.91 Å². The molecule has 1 aromatic rings. The lowest BCUT2D eigenvalue weighted by molar-refractivity contribution is -0.129. The molecule has 1 aliphatic heterocycles. The van der Waals surface area contributed by atoms with E-state index in [1.807, 2.05) is 11.8 Å². The number of nitrogens with zero attached hydrogens (tertiary/aromatic N) is 2. The first kappa shape index (κ1) is 16.4. The van der Waals surface area contributed by atoms with Crippen molar-refractivity contribution in [2.45, 2.75) is 56.5 Å². The summed E-state index contributed by atoms with van der Waals surface area (Å²) >= 11 is 0. The maximum Gasteiger partial charge on any atom is 0.257 e. The SMILES string of the molecule is CCc1ncc(S(=O)(=O)NCC2CC(=O)N(C3CCCC3)C2)[nH]1. The summed E-state index contributed by atoms with van der Waals surface area (Å²) in [5.41, 5.74) is 0. The molecule has 2 aliphatic rings. The van der Waals surface area contributed by atoms with Crippen molar-refractivity contribution in [3.05, 3.63) is 12.0 Å². The number of aromatic amines is 1. The maximum absolute atomic E-state index is 12.3. The second kappa shape index (κ2) is 6.60. The number of imidazole rings is 1. The zero-order valence-electron chi connectivity index (χ0n) is 13.4. The van der Waals surface area contributed by atoms with Gasteiger partial charge in [0, 0.05) is 32.0 Å². The Morgan fingerprint density at radius 3 is 2.78 bits per heavy atom. The average Bonchev–Trinajstić information content (AvgIpc) is 3.25. The van der Waals surface area contributed by atoms with E-state index >= 15 is 0 Å². The van der Waals surface area contributed by atoms with Crippen molar-refractivity contribution in [2.24, 2.45) is 5.92 Å². The minimum absolute atomic E-state index is 0.0476. The Morgan fingerprint density at radius 1 is 1.39 bits per heavy atom. The smallest absolute Gasteiger partial charge is 0.257 e. The van der Waals surface area contributed by atoms with Gasteiger partial charge in [0.15, 0.2) is 5.03 Å². The number of rotatable bonds is 6. The van der Waals surface area contributed by atoms with Crippen LogP contribution in [0.3, 0.4) is 0 Å². The van der Waals surface area contributed by atoms with E-state index in [2.05, 4.69) is 14.7 Å². The van der Waals surface area contributed by atoms with E-state index in [0.717, 1.165) is 12.8 Å². The summed E-state index contributed by atoms with van der Waals surface area (Å²) in [6.45, 7) is 2.86. The Balaban J connectivity index is 1.57. The first-order chi connectivity index (χ1) is 11.0. The molecule has 0 aromatic carbocycles. The fraction of sp³-hybridized carbons (Fsp3) is 0.733. The van der Waals surface area contributed by atoms with Crippen LogP contribution in [0.25, 0.3) is 0 Å². The predicted octanol–water partition coefficient (Wildman–Crippen LogP) is 1.04. The van der Waals surface area contributed by atoms with E-state index in [4.69, 9.17) is 0 Å². The molecule has 1 aromatic heterocycles. The van der Waals surface area contributed by atoms with E-state index < -0.39 is 10.0 Å². The highest BCUT2D eigenvalue weighted by Gasteiger charge is 2.35. The molecule has 0 radical (unpaired) electrons. The van der Waals surface area contributed by atoms with Crippen LogP contribution in [-0.2, 0) is 21.2 Å². The van der Waals surface area contributed by atoms with Gasteiger partial charge in [-0.1, -0.05) is 19.8 Å². The van der Waals surface area contributed by atoms with E-state index in [1.165, 1.54) is 19.0 Å². The predicted molar refractivity (Wildman–Crippen MR) is 85.2 cm³/mol. The van der Waals surface area contributed by atoms with Crippen LogP contribution in [0, 0.1) is 5.92 Å². The molecule has 0 spiro atoms. The molecule has 2 heterocycles. The molecular formula is C15H24N4O3S. The summed E-state index contributed by atoms with van der Waals surface area (Å²) in [6.07, 6.45) is 6.96. The van der Waals surface area contributed by atoms with E-state index in [1.54, 1.807) is 0 Å². The molecule has 1 saturated heterocycles. The van der Waals surface area contributed by atoms with Crippen LogP contribution in [0.2, 0.25) is 0 Å². The van der Waals surface area contributed by atoms with Crippen molar-refractivity contribution in [3.8, 4) is 0 Å². The number of amides is 1. The lowest BCUT2D eigenvalue weighted by Gasteiger charge is -2.24. The standard InChI is InChI=1S/C15H24N4O3S/c1-2-13-16-9-14(18-13)23(21,22)17-8-11-7-15(20)19(10-11)12-5-3-4-6-12/h9,11-12,17H,2-8,10H2,1H3,(H,16,18). The normalized spacial score (nSPS) is 23.1. The fourth-order valence-electron chi connectivity index (χ4n) is 3.48. The zero-order valence-corrected chi connectivity index (χ0v) is 14.2. The van der Waals surface area contributed by atoms with Crippen LogP contribution in [0.5, 0.6) is 0 Å². The second-order valence-electron chi connectivity index (χ2n) is 6.45. The quantitative estimate of drug-likeness (QED) is 0.809. The van der Waals surface area contributed by atoms with Gasteiger partial charge in [-0.05, 0) is 18.8 Å². The third-order valence-corrected chi connectivity index (χ3v) is 6.13. The number of likely N-dealkylation sites (tertiary alicyclic amines) is 1. The Hall–Kier alpha value is -1.41. The van der Waals surface area contributed by atoms with Crippen LogP contribution < -0.4 is 4.72 Å². The van der Waals surface area contributed by atoms with E-state index in [9.17, 15) is 13.2 Å². The number of aromatic nitrogens is 2. The fourth-order valence-corrected chi connectivity index (χ4v) is 4.53. The molecule has 1 saturated carbocycles. The summed E-state index contributed by atoms with van der Waals surface area (Å²) in [7, 11) is -3.59. The molecule has 1 atom stereocenters. The van der Waals surface area contributed by atoms with Crippen molar-refractivity contribution in [3.63, 3.8) is 0 Å². The van der Waals surface area contributed by atoms with Crippen LogP contribution in [0.15, 0.2) is 11.2 Å². The molecule has 3 rings (SSSR count). The van der Waals surface area contributed by atoms with Crippen molar-refractivity contribution >= 4 is 15.9 Å². The summed E-state index contributed by atoms with van der Waals surface area (Å²) in [4.78, 5) is 20.9. The largest absolute Gasteiger partial charge is 0.339 e. The number of hydrogen-bond acceptors (Lipinski definition) is 4.